The quantitative estimate of drug-likeness (QED) is 0.799. The van der Waals surface area contributed by atoms with Crippen LogP contribution in [0.1, 0.15) is 47.7 Å². The minimum Gasteiger partial charge on any atom is -0.507 e. The number of phenols is 1. The molecule has 0 spiro atoms. The second kappa shape index (κ2) is 7.68. The average molecular weight is 379 g/mol. The minimum absolute atomic E-state index is 0.154. The summed E-state index contributed by atoms with van der Waals surface area (Å²) in [6, 6.07) is 11.1. The summed E-state index contributed by atoms with van der Waals surface area (Å²) < 4.78 is 11.1. The number of carbonyl (C=O) groups is 1. The van der Waals surface area contributed by atoms with Crippen LogP contribution in [0.2, 0.25) is 0 Å². The standard InChI is InChI=1S/C23H25NO4/c1-15-5-3-4-12-24(15)14-19-20(25)11-10-18-22(26)21(28-23(18)19)13-16-6-8-17(27-2)9-7-16/h6-11,13,15,25H,3-5,12,14H2,1-2H3/b21-13-/t15-/m0/s1. The van der Waals surface area contributed by atoms with Crippen molar-refractivity contribution in [2.45, 2.75) is 38.8 Å². The molecule has 1 saturated heterocycles. The van der Waals surface area contributed by atoms with Crippen LogP contribution in [0.5, 0.6) is 17.2 Å². The number of phenolic OH excluding ortho intramolecular Hbond substituents is 1. The van der Waals surface area contributed by atoms with Crippen molar-refractivity contribution in [1.82, 2.24) is 4.90 Å². The van der Waals surface area contributed by atoms with E-state index in [9.17, 15) is 9.90 Å². The summed E-state index contributed by atoms with van der Waals surface area (Å²) in [6.07, 6.45) is 5.27. The van der Waals surface area contributed by atoms with Gasteiger partial charge in [0.25, 0.3) is 0 Å². The van der Waals surface area contributed by atoms with Crippen molar-refractivity contribution in [3.8, 4) is 17.2 Å². The lowest BCUT2D eigenvalue weighted by atomic mass is 10.0. The van der Waals surface area contributed by atoms with E-state index in [0.717, 1.165) is 30.7 Å². The normalized spacial score (nSPS) is 20.9. The third-order valence-corrected chi connectivity index (χ3v) is 5.63. The Kier molecular flexibility index (Phi) is 5.09. The molecule has 2 heterocycles. The number of aromatic hydroxyl groups is 1. The maximum atomic E-state index is 12.8. The molecule has 2 aliphatic heterocycles. The molecule has 1 fully saturated rings. The summed E-state index contributed by atoms with van der Waals surface area (Å²) in [5.41, 5.74) is 2.06. The van der Waals surface area contributed by atoms with Gasteiger partial charge in [-0.15, -0.1) is 0 Å². The highest BCUT2D eigenvalue weighted by molar-refractivity contribution is 6.15. The Morgan fingerprint density at radius 1 is 1.21 bits per heavy atom. The maximum Gasteiger partial charge on any atom is 0.231 e. The second-order valence-corrected chi connectivity index (χ2v) is 7.47. The first-order valence-corrected chi connectivity index (χ1v) is 9.74. The molecule has 1 atom stereocenters. The van der Waals surface area contributed by atoms with Gasteiger partial charge < -0.3 is 14.6 Å². The first-order chi connectivity index (χ1) is 13.6. The molecule has 0 amide bonds. The lowest BCUT2D eigenvalue weighted by Gasteiger charge is -2.33. The third kappa shape index (κ3) is 3.50. The van der Waals surface area contributed by atoms with E-state index in [2.05, 4.69) is 11.8 Å². The van der Waals surface area contributed by atoms with E-state index >= 15 is 0 Å². The molecule has 2 aliphatic rings. The zero-order valence-electron chi connectivity index (χ0n) is 16.3. The van der Waals surface area contributed by atoms with E-state index in [1.165, 1.54) is 6.42 Å². The van der Waals surface area contributed by atoms with Crippen LogP contribution in [0.15, 0.2) is 42.2 Å². The topological polar surface area (TPSA) is 59.0 Å². The largest absolute Gasteiger partial charge is 0.507 e. The summed E-state index contributed by atoms with van der Waals surface area (Å²) in [5.74, 6) is 1.54. The summed E-state index contributed by atoms with van der Waals surface area (Å²) in [4.78, 5) is 15.2. The van der Waals surface area contributed by atoms with Crippen LogP contribution >= 0.6 is 0 Å². The molecular formula is C23H25NO4. The lowest BCUT2D eigenvalue weighted by molar-refractivity contribution is 0.101. The van der Waals surface area contributed by atoms with Gasteiger partial charge in [0.1, 0.15) is 17.2 Å². The summed E-state index contributed by atoms with van der Waals surface area (Å²) in [5, 5.41) is 10.5. The van der Waals surface area contributed by atoms with E-state index < -0.39 is 0 Å². The number of ether oxygens (including phenoxy) is 2. The minimum atomic E-state index is -0.154. The number of carbonyl (C=O) groups excluding carboxylic acids is 1. The molecule has 0 bridgehead atoms. The first kappa shape index (κ1) is 18.6. The van der Waals surface area contributed by atoms with Crippen molar-refractivity contribution in [3.05, 3.63) is 58.8 Å². The zero-order chi connectivity index (χ0) is 19.7. The van der Waals surface area contributed by atoms with Gasteiger partial charge in [0.2, 0.25) is 5.78 Å². The van der Waals surface area contributed by atoms with E-state index in [0.29, 0.717) is 29.5 Å². The van der Waals surface area contributed by atoms with Crippen LogP contribution in [-0.4, -0.2) is 35.5 Å². The molecule has 4 rings (SSSR count). The Hall–Kier alpha value is -2.79. The number of ketones is 1. The predicted octanol–water partition coefficient (Wildman–Crippen LogP) is 4.39. The van der Waals surface area contributed by atoms with Gasteiger partial charge in [0.15, 0.2) is 5.76 Å². The molecule has 0 unspecified atom stereocenters. The van der Waals surface area contributed by atoms with E-state index in [1.807, 2.05) is 24.3 Å². The van der Waals surface area contributed by atoms with Crippen LogP contribution < -0.4 is 9.47 Å². The zero-order valence-corrected chi connectivity index (χ0v) is 16.3. The summed E-state index contributed by atoms with van der Waals surface area (Å²) in [7, 11) is 1.62. The number of fused-ring (bicyclic) bond motifs is 1. The van der Waals surface area contributed by atoms with Gasteiger partial charge in [-0.3, -0.25) is 9.69 Å². The van der Waals surface area contributed by atoms with Crippen LogP contribution in [0, 0.1) is 0 Å². The van der Waals surface area contributed by atoms with E-state index in [1.54, 1.807) is 25.3 Å². The number of hydrogen-bond donors (Lipinski definition) is 1. The van der Waals surface area contributed by atoms with Crippen molar-refractivity contribution >= 4 is 11.9 Å². The van der Waals surface area contributed by atoms with Gasteiger partial charge in [0, 0.05) is 12.6 Å². The van der Waals surface area contributed by atoms with E-state index in [-0.39, 0.29) is 17.3 Å². The predicted molar refractivity (Wildman–Crippen MR) is 108 cm³/mol. The monoisotopic (exact) mass is 379 g/mol. The highest BCUT2D eigenvalue weighted by Gasteiger charge is 2.32. The molecule has 1 N–H and O–H groups in total. The highest BCUT2D eigenvalue weighted by atomic mass is 16.5. The molecule has 0 aliphatic carbocycles. The van der Waals surface area contributed by atoms with Gasteiger partial charge in [-0.1, -0.05) is 18.6 Å². The van der Waals surface area contributed by atoms with Gasteiger partial charge in [-0.05, 0) is 62.2 Å². The smallest absolute Gasteiger partial charge is 0.231 e. The maximum absolute atomic E-state index is 12.8. The van der Waals surface area contributed by atoms with Crippen molar-refractivity contribution in [2.75, 3.05) is 13.7 Å². The van der Waals surface area contributed by atoms with Gasteiger partial charge in [-0.25, -0.2) is 0 Å². The van der Waals surface area contributed by atoms with Crippen LogP contribution in [0.25, 0.3) is 6.08 Å². The van der Waals surface area contributed by atoms with Crippen molar-refractivity contribution < 1.29 is 19.4 Å². The number of rotatable bonds is 4. The number of piperidine rings is 1. The number of methoxy groups -OCH3 is 1. The molecule has 28 heavy (non-hydrogen) atoms. The summed E-state index contributed by atoms with van der Waals surface area (Å²) in [6.45, 7) is 3.78. The van der Waals surface area contributed by atoms with Crippen molar-refractivity contribution in [1.29, 1.82) is 0 Å². The number of allylic oxidation sites excluding steroid dienone is 1. The van der Waals surface area contributed by atoms with Crippen LogP contribution in [-0.2, 0) is 6.54 Å². The SMILES string of the molecule is COc1ccc(/C=C2\Oc3c(ccc(O)c3CN3CCCC[C@@H]3C)C2=O)cc1. The second-order valence-electron chi connectivity index (χ2n) is 7.47. The molecular weight excluding hydrogens is 354 g/mol. The molecule has 0 radical (unpaired) electrons. The first-order valence-electron chi connectivity index (χ1n) is 9.74. The Labute approximate surface area is 165 Å². The van der Waals surface area contributed by atoms with Gasteiger partial charge in [0.05, 0.1) is 18.2 Å². The van der Waals surface area contributed by atoms with Crippen LogP contribution in [0.3, 0.4) is 0 Å². The van der Waals surface area contributed by atoms with Gasteiger partial charge in [-0.2, -0.15) is 0 Å². The Bertz CT molecular complexity index is 917. The fraction of sp³-hybridized carbons (Fsp3) is 0.348. The number of Topliss-reactive ketones (excluding diaryl/α,β-unsaturated/α-hetero) is 1. The fourth-order valence-electron chi connectivity index (χ4n) is 3.90. The molecule has 5 heteroatoms. The van der Waals surface area contributed by atoms with E-state index in [4.69, 9.17) is 9.47 Å². The third-order valence-electron chi connectivity index (χ3n) is 5.63. The molecule has 2 aromatic rings. The van der Waals surface area contributed by atoms with Crippen LogP contribution in [0.4, 0.5) is 0 Å². The van der Waals surface area contributed by atoms with Crippen molar-refractivity contribution in [2.24, 2.45) is 0 Å². The lowest BCUT2D eigenvalue weighted by Crippen LogP contribution is -2.36. The number of hydrogen-bond acceptors (Lipinski definition) is 5. The van der Waals surface area contributed by atoms with Crippen molar-refractivity contribution in [3.63, 3.8) is 0 Å². The van der Waals surface area contributed by atoms with Gasteiger partial charge >= 0.3 is 0 Å². The Morgan fingerprint density at radius 2 is 2.00 bits per heavy atom. The molecule has 146 valence electrons. The fourth-order valence-corrected chi connectivity index (χ4v) is 3.90. The number of likely N-dealkylation sites (tertiary alicyclic amines) is 1. The average Bonchev–Trinajstić information content (AvgIpc) is 3.02. The molecule has 0 saturated carbocycles. The number of nitrogens with zero attached hydrogens (tertiary/aromatic N) is 1. The Balaban J connectivity index is 1.63. The molecule has 5 nitrogen and oxygen atoms in total. The Morgan fingerprint density at radius 3 is 2.71 bits per heavy atom. The molecule has 0 aromatic heterocycles. The number of benzene rings is 2. The summed E-state index contributed by atoms with van der Waals surface area (Å²) >= 11 is 0. The molecule has 2 aromatic carbocycles. The highest BCUT2D eigenvalue weighted by Crippen LogP contribution is 2.40.